The van der Waals surface area contributed by atoms with Gasteiger partial charge in [0, 0.05) is 12.0 Å². The van der Waals surface area contributed by atoms with Crippen molar-refractivity contribution in [2.24, 2.45) is 0 Å². The van der Waals surface area contributed by atoms with Crippen LogP contribution in [0.2, 0.25) is 5.02 Å². The number of aromatic amines is 1. The summed E-state index contributed by atoms with van der Waals surface area (Å²) >= 11 is 6.18. The molecule has 0 atom stereocenters. The molecule has 4 heteroatoms. The van der Waals surface area contributed by atoms with Gasteiger partial charge < -0.3 is 10.3 Å². The molecule has 2 aromatic rings. The SMILES string of the molecule is CNC1(Cc2nc3c(Cl)cccc3[nH]2)CCCCC1. The molecule has 102 valence electrons. The van der Waals surface area contributed by atoms with Crippen molar-refractivity contribution in [1.82, 2.24) is 15.3 Å². The summed E-state index contributed by atoms with van der Waals surface area (Å²) in [5.41, 5.74) is 2.13. The number of fused-ring (bicyclic) bond motifs is 1. The lowest BCUT2D eigenvalue weighted by molar-refractivity contribution is 0.241. The number of hydrogen-bond donors (Lipinski definition) is 2. The highest BCUT2D eigenvalue weighted by Gasteiger charge is 2.31. The van der Waals surface area contributed by atoms with Crippen LogP contribution in [0, 0.1) is 0 Å². The van der Waals surface area contributed by atoms with Gasteiger partial charge in [-0.2, -0.15) is 0 Å². The van der Waals surface area contributed by atoms with Crippen molar-refractivity contribution < 1.29 is 0 Å². The van der Waals surface area contributed by atoms with E-state index < -0.39 is 0 Å². The van der Waals surface area contributed by atoms with Crippen molar-refractivity contribution in [2.75, 3.05) is 7.05 Å². The highest BCUT2D eigenvalue weighted by molar-refractivity contribution is 6.34. The molecule has 0 amide bonds. The van der Waals surface area contributed by atoms with E-state index in [1.54, 1.807) is 0 Å². The number of imidazole rings is 1. The zero-order valence-electron chi connectivity index (χ0n) is 11.3. The molecule has 1 aromatic carbocycles. The van der Waals surface area contributed by atoms with Crippen LogP contribution in [0.5, 0.6) is 0 Å². The van der Waals surface area contributed by atoms with Crippen LogP contribution in [0.25, 0.3) is 11.0 Å². The number of hydrogen-bond acceptors (Lipinski definition) is 2. The molecule has 0 saturated heterocycles. The van der Waals surface area contributed by atoms with Crippen LogP contribution >= 0.6 is 11.6 Å². The molecular formula is C15H20ClN3. The molecule has 3 rings (SSSR count). The minimum absolute atomic E-state index is 0.207. The van der Waals surface area contributed by atoms with Gasteiger partial charge in [-0.25, -0.2) is 4.98 Å². The van der Waals surface area contributed by atoms with Crippen LogP contribution in [-0.2, 0) is 6.42 Å². The monoisotopic (exact) mass is 277 g/mol. The van der Waals surface area contributed by atoms with Crippen LogP contribution in [0.4, 0.5) is 0 Å². The first kappa shape index (κ1) is 12.9. The molecule has 0 radical (unpaired) electrons. The molecule has 2 N–H and O–H groups in total. The maximum Gasteiger partial charge on any atom is 0.109 e. The molecule has 0 aliphatic heterocycles. The highest BCUT2D eigenvalue weighted by atomic mass is 35.5. The number of rotatable bonds is 3. The summed E-state index contributed by atoms with van der Waals surface area (Å²) in [5, 5.41) is 4.26. The van der Waals surface area contributed by atoms with Crippen molar-refractivity contribution in [3.05, 3.63) is 29.0 Å². The van der Waals surface area contributed by atoms with E-state index in [4.69, 9.17) is 11.6 Å². The quantitative estimate of drug-likeness (QED) is 0.898. The molecule has 1 heterocycles. The van der Waals surface area contributed by atoms with Gasteiger partial charge in [0.1, 0.15) is 11.3 Å². The van der Waals surface area contributed by atoms with E-state index in [2.05, 4.69) is 22.3 Å². The van der Waals surface area contributed by atoms with E-state index in [1.165, 1.54) is 32.1 Å². The number of nitrogens with one attached hydrogen (secondary N) is 2. The van der Waals surface area contributed by atoms with Crippen molar-refractivity contribution in [1.29, 1.82) is 0 Å². The van der Waals surface area contributed by atoms with Gasteiger partial charge in [-0.1, -0.05) is 36.9 Å². The average Bonchev–Trinajstić information content (AvgIpc) is 2.83. The highest BCUT2D eigenvalue weighted by Crippen LogP contribution is 2.31. The summed E-state index contributed by atoms with van der Waals surface area (Å²) in [7, 11) is 2.07. The standard InChI is InChI=1S/C15H20ClN3/c1-17-15(8-3-2-4-9-15)10-13-18-12-7-5-6-11(16)14(12)19-13/h5-7,17H,2-4,8-10H2,1H3,(H,18,19). The fraction of sp³-hybridized carbons (Fsp3) is 0.533. The number of H-pyrrole nitrogens is 1. The molecular weight excluding hydrogens is 258 g/mol. The third kappa shape index (κ3) is 2.49. The summed E-state index contributed by atoms with van der Waals surface area (Å²) < 4.78 is 0. The molecule has 1 aliphatic rings. The second-order valence-corrected chi connectivity index (χ2v) is 5.99. The van der Waals surface area contributed by atoms with Crippen molar-refractivity contribution in [2.45, 2.75) is 44.1 Å². The van der Waals surface area contributed by atoms with Gasteiger partial charge >= 0.3 is 0 Å². The fourth-order valence-corrected chi connectivity index (χ4v) is 3.41. The van der Waals surface area contributed by atoms with E-state index in [-0.39, 0.29) is 5.54 Å². The number of benzene rings is 1. The Labute approximate surface area is 118 Å². The Morgan fingerprint density at radius 1 is 1.32 bits per heavy atom. The molecule has 0 bridgehead atoms. The third-order valence-electron chi connectivity index (χ3n) is 4.36. The van der Waals surface area contributed by atoms with E-state index in [1.807, 2.05) is 18.2 Å². The van der Waals surface area contributed by atoms with Crippen molar-refractivity contribution in [3.8, 4) is 0 Å². The van der Waals surface area contributed by atoms with Gasteiger partial charge in [-0.15, -0.1) is 0 Å². The van der Waals surface area contributed by atoms with Gasteiger partial charge in [0.2, 0.25) is 0 Å². The molecule has 1 saturated carbocycles. The number of para-hydroxylation sites is 1. The van der Waals surface area contributed by atoms with Gasteiger partial charge in [-0.05, 0) is 32.0 Å². The molecule has 19 heavy (non-hydrogen) atoms. The summed E-state index contributed by atoms with van der Waals surface area (Å²) in [5.74, 6) is 1.04. The zero-order valence-corrected chi connectivity index (χ0v) is 12.1. The molecule has 0 spiro atoms. The lowest BCUT2D eigenvalue weighted by atomic mass is 9.79. The Morgan fingerprint density at radius 2 is 2.11 bits per heavy atom. The Balaban J connectivity index is 1.89. The smallest absolute Gasteiger partial charge is 0.109 e. The van der Waals surface area contributed by atoms with E-state index in [0.29, 0.717) is 0 Å². The van der Waals surface area contributed by atoms with Gasteiger partial charge in [0.25, 0.3) is 0 Å². The number of likely N-dealkylation sites (N-methyl/N-ethyl adjacent to an activating group) is 1. The van der Waals surface area contributed by atoms with E-state index in [9.17, 15) is 0 Å². The van der Waals surface area contributed by atoms with Crippen LogP contribution in [-0.4, -0.2) is 22.6 Å². The average molecular weight is 278 g/mol. The van der Waals surface area contributed by atoms with Crippen LogP contribution in [0.15, 0.2) is 18.2 Å². The summed E-state index contributed by atoms with van der Waals surface area (Å²) in [6.07, 6.45) is 7.39. The summed E-state index contributed by atoms with van der Waals surface area (Å²) in [6.45, 7) is 0. The number of halogens is 1. The second kappa shape index (κ2) is 5.14. The van der Waals surface area contributed by atoms with Crippen LogP contribution in [0.3, 0.4) is 0 Å². The Kier molecular flexibility index (Phi) is 3.50. The predicted molar refractivity (Wildman–Crippen MR) is 79.7 cm³/mol. The Hall–Kier alpha value is -1.06. The molecule has 3 nitrogen and oxygen atoms in total. The molecule has 1 aliphatic carbocycles. The summed E-state index contributed by atoms with van der Waals surface area (Å²) in [6, 6.07) is 5.88. The van der Waals surface area contributed by atoms with Crippen molar-refractivity contribution >= 4 is 22.6 Å². The largest absolute Gasteiger partial charge is 0.342 e. The van der Waals surface area contributed by atoms with E-state index in [0.717, 1.165) is 28.3 Å². The second-order valence-electron chi connectivity index (χ2n) is 5.59. The first-order chi connectivity index (χ1) is 9.22. The first-order valence-corrected chi connectivity index (χ1v) is 7.42. The maximum atomic E-state index is 6.18. The summed E-state index contributed by atoms with van der Waals surface area (Å²) in [4.78, 5) is 8.08. The van der Waals surface area contributed by atoms with Gasteiger partial charge in [0.05, 0.1) is 10.5 Å². The number of aromatic nitrogens is 2. The Morgan fingerprint density at radius 3 is 2.79 bits per heavy atom. The van der Waals surface area contributed by atoms with Gasteiger partial charge in [0.15, 0.2) is 0 Å². The lowest BCUT2D eigenvalue weighted by Crippen LogP contribution is -2.46. The maximum absolute atomic E-state index is 6.18. The lowest BCUT2D eigenvalue weighted by Gasteiger charge is -2.36. The van der Waals surface area contributed by atoms with Gasteiger partial charge in [-0.3, -0.25) is 0 Å². The van der Waals surface area contributed by atoms with E-state index >= 15 is 0 Å². The van der Waals surface area contributed by atoms with Crippen LogP contribution in [0.1, 0.15) is 37.9 Å². The predicted octanol–water partition coefficient (Wildman–Crippen LogP) is 3.68. The minimum Gasteiger partial charge on any atom is -0.342 e. The topological polar surface area (TPSA) is 40.7 Å². The third-order valence-corrected chi connectivity index (χ3v) is 4.66. The van der Waals surface area contributed by atoms with Crippen LogP contribution < -0.4 is 5.32 Å². The normalized spacial score (nSPS) is 18.8. The zero-order chi connectivity index (χ0) is 13.3. The number of nitrogens with zero attached hydrogens (tertiary/aromatic N) is 1. The first-order valence-electron chi connectivity index (χ1n) is 7.04. The minimum atomic E-state index is 0.207. The fourth-order valence-electron chi connectivity index (χ4n) is 3.20. The molecule has 1 fully saturated rings. The van der Waals surface area contributed by atoms with Crippen molar-refractivity contribution in [3.63, 3.8) is 0 Å². The Bertz CT molecular complexity index is 570. The molecule has 1 aromatic heterocycles. The molecule has 0 unspecified atom stereocenters.